The number of aliphatic hydroxyl groups excluding tert-OH is 2. The molecule has 0 amide bonds. The number of ketones is 1. The topological polar surface area (TPSA) is 145 Å². The number of cyclic esters (lactones) is 1. The Hall–Kier alpha value is -1.84. The van der Waals surface area contributed by atoms with Crippen molar-refractivity contribution >= 4 is 11.8 Å². The van der Waals surface area contributed by atoms with E-state index in [1.807, 2.05) is 13.0 Å². The molecule has 5 aliphatic rings. The highest BCUT2D eigenvalue weighted by atomic mass is 16.6. The van der Waals surface area contributed by atoms with E-state index >= 15 is 0 Å². The average Bonchev–Trinajstić information content (AvgIpc) is 3.05. The van der Waals surface area contributed by atoms with Gasteiger partial charge in [0.1, 0.15) is 17.3 Å². The predicted molar refractivity (Wildman–Crippen MR) is 129 cm³/mol. The first-order valence-electron chi connectivity index (χ1n) is 13.0. The zero-order chi connectivity index (χ0) is 26.5. The van der Waals surface area contributed by atoms with Crippen LogP contribution in [-0.4, -0.2) is 72.9 Å². The molecule has 0 saturated heterocycles. The maximum absolute atomic E-state index is 13.2. The molecule has 3 fully saturated rings. The van der Waals surface area contributed by atoms with Gasteiger partial charge in [0, 0.05) is 17.4 Å². The van der Waals surface area contributed by atoms with Crippen LogP contribution in [0.4, 0.5) is 0 Å². The van der Waals surface area contributed by atoms with Crippen molar-refractivity contribution in [2.24, 2.45) is 22.7 Å². The van der Waals surface area contributed by atoms with Crippen LogP contribution >= 0.6 is 0 Å². The van der Waals surface area contributed by atoms with Crippen LogP contribution in [0.25, 0.3) is 0 Å². The fourth-order valence-corrected chi connectivity index (χ4v) is 8.63. The van der Waals surface area contributed by atoms with Crippen LogP contribution < -0.4 is 0 Å². The quantitative estimate of drug-likeness (QED) is 0.365. The third-order valence-corrected chi connectivity index (χ3v) is 11.2. The van der Waals surface area contributed by atoms with Crippen molar-refractivity contribution in [1.29, 1.82) is 0 Å². The normalized spacial score (nSPS) is 48.0. The molecule has 0 aromatic heterocycles. The van der Waals surface area contributed by atoms with Crippen molar-refractivity contribution in [3.8, 4) is 0 Å². The van der Waals surface area contributed by atoms with Gasteiger partial charge in [-0.3, -0.25) is 4.79 Å². The molecule has 3 saturated carbocycles. The van der Waals surface area contributed by atoms with Crippen LogP contribution in [0.15, 0.2) is 34.9 Å². The number of rotatable bonds is 3. The molecule has 0 aromatic rings. The van der Waals surface area contributed by atoms with Gasteiger partial charge in [0.25, 0.3) is 0 Å². The fraction of sp³-hybridized carbons (Fsp3) is 0.714. The lowest BCUT2D eigenvalue weighted by Gasteiger charge is -2.64. The molecule has 4 aliphatic carbocycles. The van der Waals surface area contributed by atoms with Gasteiger partial charge in [-0.15, -0.1) is 0 Å². The first-order chi connectivity index (χ1) is 16.7. The Morgan fingerprint density at radius 2 is 1.83 bits per heavy atom. The molecule has 8 heteroatoms. The SMILES string of the molecule is CC1=C(CO)CC(C(C)(O)C2(O)CCC3(O)C4CC(O)C5=CC=CC(=O)C5(C)C4CCC32C)OC1=O. The molecular formula is C28H38O8. The van der Waals surface area contributed by atoms with E-state index in [-0.39, 0.29) is 44.0 Å². The number of aliphatic hydroxyl groups is 5. The summed E-state index contributed by atoms with van der Waals surface area (Å²) in [5.74, 6) is -1.44. The van der Waals surface area contributed by atoms with Crippen molar-refractivity contribution in [3.05, 3.63) is 34.9 Å². The minimum atomic E-state index is -1.93. The summed E-state index contributed by atoms with van der Waals surface area (Å²) in [6, 6.07) is 0. The number of hydrogen-bond acceptors (Lipinski definition) is 8. The summed E-state index contributed by atoms with van der Waals surface area (Å²) in [6.07, 6.45) is 4.43. The monoisotopic (exact) mass is 502 g/mol. The third-order valence-electron chi connectivity index (χ3n) is 11.2. The highest BCUT2D eigenvalue weighted by Gasteiger charge is 2.77. The fourth-order valence-electron chi connectivity index (χ4n) is 8.63. The Labute approximate surface area is 211 Å². The summed E-state index contributed by atoms with van der Waals surface area (Å²) >= 11 is 0. The number of allylic oxidation sites excluding steroid dienone is 3. The van der Waals surface area contributed by atoms with E-state index in [0.717, 1.165) is 0 Å². The molecule has 0 aromatic carbocycles. The lowest BCUT2D eigenvalue weighted by Crippen LogP contribution is -2.72. The van der Waals surface area contributed by atoms with Crippen LogP contribution in [-0.2, 0) is 14.3 Å². The summed E-state index contributed by atoms with van der Waals surface area (Å²) < 4.78 is 5.56. The second kappa shape index (κ2) is 7.84. The summed E-state index contributed by atoms with van der Waals surface area (Å²) in [4.78, 5) is 25.6. The smallest absolute Gasteiger partial charge is 0.334 e. The summed E-state index contributed by atoms with van der Waals surface area (Å²) in [5.41, 5.74) is -5.92. The molecule has 1 aliphatic heterocycles. The molecule has 5 rings (SSSR count). The maximum atomic E-state index is 13.2. The largest absolute Gasteiger partial charge is 0.455 e. The molecule has 8 nitrogen and oxygen atoms in total. The van der Waals surface area contributed by atoms with Crippen LogP contribution in [0, 0.1) is 22.7 Å². The van der Waals surface area contributed by atoms with E-state index in [0.29, 0.717) is 29.6 Å². The summed E-state index contributed by atoms with van der Waals surface area (Å²) in [5, 5.41) is 57.4. The maximum Gasteiger partial charge on any atom is 0.334 e. The Balaban J connectivity index is 1.54. The van der Waals surface area contributed by atoms with E-state index in [1.54, 1.807) is 19.9 Å². The van der Waals surface area contributed by atoms with E-state index in [2.05, 4.69) is 0 Å². The Bertz CT molecular complexity index is 1100. The van der Waals surface area contributed by atoms with Gasteiger partial charge < -0.3 is 30.3 Å². The predicted octanol–water partition coefficient (Wildman–Crippen LogP) is 1.49. The molecule has 9 atom stereocenters. The number of ether oxygens (including phenoxy) is 1. The van der Waals surface area contributed by atoms with Crippen molar-refractivity contribution in [2.75, 3.05) is 6.61 Å². The standard InChI is InChI=1S/C28H38O8/c1-15-16(14-29)12-22(36-23(15)32)26(4,33)28(35)11-10-27(34)19-13-20(30)18-6-5-7-21(31)25(18,3)17(19)8-9-24(27,28)2/h5-7,17,19-20,22,29-30,33-35H,8-14H2,1-4H3. The summed E-state index contributed by atoms with van der Waals surface area (Å²) in [7, 11) is 0. The minimum absolute atomic E-state index is 0.0603. The molecule has 0 spiro atoms. The lowest BCUT2D eigenvalue weighted by molar-refractivity contribution is -0.282. The second-order valence-corrected chi connectivity index (χ2v) is 12.3. The van der Waals surface area contributed by atoms with Gasteiger partial charge in [-0.2, -0.15) is 0 Å². The molecule has 36 heavy (non-hydrogen) atoms. The molecule has 0 radical (unpaired) electrons. The molecule has 1 heterocycles. The number of hydrogen-bond donors (Lipinski definition) is 5. The first-order valence-corrected chi connectivity index (χ1v) is 13.0. The Morgan fingerprint density at radius 3 is 2.50 bits per heavy atom. The van der Waals surface area contributed by atoms with Gasteiger partial charge in [0.2, 0.25) is 0 Å². The van der Waals surface area contributed by atoms with Crippen LogP contribution in [0.5, 0.6) is 0 Å². The third kappa shape index (κ3) is 2.88. The van der Waals surface area contributed by atoms with Crippen molar-refractivity contribution in [3.63, 3.8) is 0 Å². The second-order valence-electron chi connectivity index (χ2n) is 12.3. The molecule has 0 bridgehead atoms. The molecule has 5 N–H and O–H groups in total. The summed E-state index contributed by atoms with van der Waals surface area (Å²) in [6.45, 7) is 6.26. The molecule has 9 unspecified atom stereocenters. The van der Waals surface area contributed by atoms with Gasteiger partial charge in [0.15, 0.2) is 5.78 Å². The van der Waals surface area contributed by atoms with Crippen LogP contribution in [0.2, 0.25) is 0 Å². The number of carbonyl (C=O) groups is 2. The van der Waals surface area contributed by atoms with E-state index < -0.39 is 51.7 Å². The Kier molecular flexibility index (Phi) is 5.61. The highest BCUT2D eigenvalue weighted by Crippen LogP contribution is 2.70. The van der Waals surface area contributed by atoms with Gasteiger partial charge >= 0.3 is 5.97 Å². The Morgan fingerprint density at radius 1 is 1.14 bits per heavy atom. The molecule has 198 valence electrons. The number of carbonyl (C=O) groups excluding carboxylic acids is 2. The zero-order valence-electron chi connectivity index (χ0n) is 21.5. The number of esters is 1. The van der Waals surface area contributed by atoms with E-state index in [4.69, 9.17) is 4.74 Å². The van der Waals surface area contributed by atoms with Crippen molar-refractivity contribution < 1.29 is 39.9 Å². The van der Waals surface area contributed by atoms with Gasteiger partial charge in [-0.05, 0) is 81.9 Å². The van der Waals surface area contributed by atoms with E-state index in [1.165, 1.54) is 13.0 Å². The van der Waals surface area contributed by atoms with Crippen LogP contribution in [0.3, 0.4) is 0 Å². The van der Waals surface area contributed by atoms with Gasteiger partial charge in [-0.25, -0.2) is 4.79 Å². The zero-order valence-corrected chi connectivity index (χ0v) is 21.5. The van der Waals surface area contributed by atoms with E-state index in [9.17, 15) is 35.1 Å². The molecular weight excluding hydrogens is 464 g/mol. The van der Waals surface area contributed by atoms with Crippen LogP contribution in [0.1, 0.15) is 66.2 Å². The first kappa shape index (κ1) is 25.8. The average molecular weight is 503 g/mol. The highest BCUT2D eigenvalue weighted by molar-refractivity contribution is 5.99. The van der Waals surface area contributed by atoms with Gasteiger partial charge in [0.05, 0.1) is 23.7 Å². The van der Waals surface area contributed by atoms with Gasteiger partial charge in [-0.1, -0.05) is 19.1 Å². The van der Waals surface area contributed by atoms with Crippen molar-refractivity contribution in [1.82, 2.24) is 0 Å². The minimum Gasteiger partial charge on any atom is -0.455 e. The number of fused-ring (bicyclic) bond motifs is 5. The van der Waals surface area contributed by atoms with Crippen molar-refractivity contribution in [2.45, 2.75) is 95.2 Å². The lowest BCUT2D eigenvalue weighted by atomic mass is 9.43.